The Labute approximate surface area is 244 Å². The van der Waals surface area contributed by atoms with Gasteiger partial charge in [0.2, 0.25) is 0 Å². The second kappa shape index (κ2) is 17.6. The van der Waals surface area contributed by atoms with Crippen LogP contribution in [-0.2, 0) is 37.3 Å². The van der Waals surface area contributed by atoms with Gasteiger partial charge in [-0.3, -0.25) is 4.79 Å². The molecule has 0 spiro atoms. The highest BCUT2D eigenvalue weighted by Gasteiger charge is 2.30. The molecule has 0 unspecified atom stereocenters. The molecule has 1 fully saturated rings. The van der Waals surface area contributed by atoms with Crippen LogP contribution in [0.1, 0.15) is 81.1 Å². The summed E-state index contributed by atoms with van der Waals surface area (Å²) in [6, 6.07) is 12.0. The third kappa shape index (κ3) is 11.1. The highest BCUT2D eigenvalue weighted by molar-refractivity contribution is 7.92. The number of aliphatic hydroxyl groups is 2. The van der Waals surface area contributed by atoms with Gasteiger partial charge in [0.25, 0.3) is 0 Å². The van der Waals surface area contributed by atoms with Gasteiger partial charge in [-0.25, -0.2) is 8.42 Å². The Balaban J connectivity index is 1.18. The van der Waals surface area contributed by atoms with Crippen molar-refractivity contribution < 1.29 is 37.6 Å². The van der Waals surface area contributed by atoms with E-state index < -0.39 is 21.9 Å². The molecule has 2 aromatic rings. The minimum absolute atomic E-state index is 0.247. The number of hydrogen-bond donors (Lipinski definition) is 3. The number of carbonyl (C=O) groups excluding carboxylic acids is 1. The van der Waals surface area contributed by atoms with Gasteiger partial charge in [0.1, 0.15) is 5.75 Å². The molecular formula is C31H45NO8S. The van der Waals surface area contributed by atoms with Crippen LogP contribution in [0.4, 0.5) is 0 Å². The predicted octanol–water partition coefficient (Wildman–Crippen LogP) is 4.24. The molecule has 2 aromatic carbocycles. The summed E-state index contributed by atoms with van der Waals surface area (Å²) in [6.07, 6.45) is 6.80. The second-order valence-corrected chi connectivity index (χ2v) is 12.7. The Morgan fingerprint density at radius 1 is 1.00 bits per heavy atom. The van der Waals surface area contributed by atoms with Crippen LogP contribution < -0.4 is 10.1 Å². The standard InChI is InChI=1S/C31H45NO8S/c1-24(34)40-31-14-13-26(20-27(31)22-33)30(35)21-32-15-6-2-3-7-16-38-17-18-39-23-25-9-8-12-29(19-25)41(36,37)28-10-4-5-11-28/h8-9,12-14,19-20,28,30,32-33,35H,2-7,10-11,15-18,21-23H2,1H3/t30-/m0/s1. The van der Waals surface area contributed by atoms with Gasteiger partial charge in [0, 0.05) is 25.6 Å². The van der Waals surface area contributed by atoms with Gasteiger partial charge < -0.3 is 29.7 Å². The van der Waals surface area contributed by atoms with Crippen molar-refractivity contribution in [3.05, 3.63) is 59.2 Å². The van der Waals surface area contributed by atoms with Crippen LogP contribution in [0.5, 0.6) is 5.75 Å². The summed E-state index contributed by atoms with van der Waals surface area (Å²) in [4.78, 5) is 11.6. The van der Waals surface area contributed by atoms with Crippen LogP contribution in [-0.4, -0.2) is 62.8 Å². The molecule has 0 heterocycles. The fourth-order valence-electron chi connectivity index (χ4n) is 4.96. The van der Waals surface area contributed by atoms with Crippen molar-refractivity contribution in [3.8, 4) is 5.75 Å². The number of esters is 1. The number of unbranched alkanes of at least 4 members (excludes halogenated alkanes) is 3. The van der Waals surface area contributed by atoms with E-state index in [1.165, 1.54) is 6.92 Å². The number of benzene rings is 2. The number of rotatable bonds is 19. The summed E-state index contributed by atoms with van der Waals surface area (Å²) in [6.45, 7) is 4.18. The maximum atomic E-state index is 12.8. The van der Waals surface area contributed by atoms with Gasteiger partial charge in [0.05, 0.1) is 42.7 Å². The number of ether oxygens (including phenoxy) is 3. The van der Waals surface area contributed by atoms with Gasteiger partial charge in [-0.1, -0.05) is 43.9 Å². The van der Waals surface area contributed by atoms with Gasteiger partial charge in [0.15, 0.2) is 9.84 Å². The van der Waals surface area contributed by atoms with Gasteiger partial charge in [-0.05, 0) is 67.6 Å². The molecule has 3 rings (SSSR count). The maximum absolute atomic E-state index is 12.8. The summed E-state index contributed by atoms with van der Waals surface area (Å²) in [7, 11) is -3.25. The summed E-state index contributed by atoms with van der Waals surface area (Å²) in [5.74, 6) is -0.158. The van der Waals surface area contributed by atoms with Gasteiger partial charge in [-0.2, -0.15) is 0 Å². The molecule has 0 aliphatic heterocycles. The van der Waals surface area contributed by atoms with E-state index in [1.54, 1.807) is 36.4 Å². The molecular weight excluding hydrogens is 546 g/mol. The highest BCUT2D eigenvalue weighted by atomic mass is 32.2. The molecule has 228 valence electrons. The third-order valence-corrected chi connectivity index (χ3v) is 9.49. The first kappa shape index (κ1) is 33.2. The first-order chi connectivity index (χ1) is 19.8. The molecule has 0 bridgehead atoms. The van der Waals surface area contributed by atoms with Crippen molar-refractivity contribution in [1.82, 2.24) is 5.32 Å². The average Bonchev–Trinajstić information content (AvgIpc) is 3.52. The molecule has 1 aliphatic carbocycles. The highest BCUT2D eigenvalue weighted by Crippen LogP contribution is 2.30. The first-order valence-electron chi connectivity index (χ1n) is 14.6. The molecule has 1 atom stereocenters. The van der Waals surface area contributed by atoms with Crippen LogP contribution >= 0.6 is 0 Å². The molecule has 1 aliphatic rings. The number of sulfone groups is 1. The topological polar surface area (TPSA) is 131 Å². The Morgan fingerprint density at radius 2 is 1.76 bits per heavy atom. The quantitative estimate of drug-likeness (QED) is 0.125. The van der Waals surface area contributed by atoms with E-state index in [4.69, 9.17) is 14.2 Å². The molecule has 3 N–H and O–H groups in total. The normalized spacial score (nSPS) is 14.8. The van der Waals surface area contributed by atoms with E-state index in [1.807, 2.05) is 6.07 Å². The largest absolute Gasteiger partial charge is 0.426 e. The lowest BCUT2D eigenvalue weighted by atomic mass is 10.1. The van der Waals surface area contributed by atoms with Crippen molar-refractivity contribution in [3.63, 3.8) is 0 Å². The van der Waals surface area contributed by atoms with Crippen molar-refractivity contribution >= 4 is 15.8 Å². The van der Waals surface area contributed by atoms with Crippen LogP contribution in [0.15, 0.2) is 47.4 Å². The Bertz CT molecular complexity index is 1180. The number of hydrogen-bond acceptors (Lipinski definition) is 9. The van der Waals surface area contributed by atoms with E-state index in [9.17, 15) is 23.4 Å². The zero-order chi connectivity index (χ0) is 29.5. The smallest absolute Gasteiger partial charge is 0.308 e. The van der Waals surface area contributed by atoms with Crippen LogP contribution in [0.3, 0.4) is 0 Å². The first-order valence-corrected chi connectivity index (χ1v) is 16.1. The molecule has 0 radical (unpaired) electrons. The Kier molecular flexibility index (Phi) is 14.2. The van der Waals surface area contributed by atoms with Crippen LogP contribution in [0, 0.1) is 0 Å². The lowest BCUT2D eigenvalue weighted by Crippen LogP contribution is -2.22. The fraction of sp³-hybridized carbons (Fsp3) is 0.581. The Hall–Kier alpha value is -2.34. The summed E-state index contributed by atoms with van der Waals surface area (Å²) in [5.41, 5.74) is 1.97. The van der Waals surface area contributed by atoms with Crippen molar-refractivity contribution in [1.29, 1.82) is 0 Å². The number of nitrogens with one attached hydrogen (secondary N) is 1. The van der Waals surface area contributed by atoms with E-state index >= 15 is 0 Å². The molecule has 0 amide bonds. The van der Waals surface area contributed by atoms with E-state index in [-0.39, 0.29) is 11.9 Å². The molecule has 10 heteroatoms. The summed E-state index contributed by atoms with van der Waals surface area (Å²) in [5, 5.41) is 22.9. The van der Waals surface area contributed by atoms with Gasteiger partial charge >= 0.3 is 5.97 Å². The maximum Gasteiger partial charge on any atom is 0.308 e. The fourth-order valence-corrected chi connectivity index (χ4v) is 6.88. The lowest BCUT2D eigenvalue weighted by Gasteiger charge is -2.15. The third-order valence-electron chi connectivity index (χ3n) is 7.23. The van der Waals surface area contributed by atoms with E-state index in [0.29, 0.717) is 54.7 Å². The molecule has 9 nitrogen and oxygen atoms in total. The summed E-state index contributed by atoms with van der Waals surface area (Å²) < 4.78 is 42.0. The van der Waals surface area contributed by atoms with E-state index in [0.717, 1.165) is 63.5 Å². The zero-order valence-corrected chi connectivity index (χ0v) is 24.9. The number of aliphatic hydroxyl groups excluding tert-OH is 2. The molecule has 1 saturated carbocycles. The molecule has 0 aromatic heterocycles. The minimum Gasteiger partial charge on any atom is -0.426 e. The zero-order valence-electron chi connectivity index (χ0n) is 24.1. The predicted molar refractivity (Wildman–Crippen MR) is 156 cm³/mol. The monoisotopic (exact) mass is 591 g/mol. The number of carbonyl (C=O) groups is 1. The molecule has 41 heavy (non-hydrogen) atoms. The average molecular weight is 592 g/mol. The molecule has 0 saturated heterocycles. The van der Waals surface area contributed by atoms with Crippen molar-refractivity contribution in [2.45, 2.75) is 87.8 Å². The summed E-state index contributed by atoms with van der Waals surface area (Å²) >= 11 is 0. The minimum atomic E-state index is -3.25. The van der Waals surface area contributed by atoms with E-state index in [2.05, 4.69) is 5.32 Å². The van der Waals surface area contributed by atoms with Crippen molar-refractivity contribution in [2.75, 3.05) is 32.9 Å². The second-order valence-electron chi connectivity index (χ2n) is 10.5. The van der Waals surface area contributed by atoms with Crippen LogP contribution in [0.2, 0.25) is 0 Å². The Morgan fingerprint density at radius 3 is 2.51 bits per heavy atom. The SMILES string of the molecule is CC(=O)Oc1ccc([C@@H](O)CNCCCCCCOCCOCc2cccc(S(=O)(=O)C3CCCC3)c2)cc1CO. The van der Waals surface area contributed by atoms with Crippen molar-refractivity contribution in [2.24, 2.45) is 0 Å². The van der Waals surface area contributed by atoms with Gasteiger partial charge in [-0.15, -0.1) is 0 Å². The lowest BCUT2D eigenvalue weighted by molar-refractivity contribution is -0.131. The van der Waals surface area contributed by atoms with Crippen LogP contribution in [0.25, 0.3) is 0 Å².